The van der Waals surface area contributed by atoms with E-state index in [1.165, 1.54) is 0 Å². The van der Waals surface area contributed by atoms with Gasteiger partial charge < -0.3 is 9.40 Å². The molecule has 0 atom stereocenters. The van der Waals surface area contributed by atoms with Gasteiger partial charge in [-0.3, -0.25) is 4.79 Å². The van der Waals surface area contributed by atoms with Gasteiger partial charge in [-0.15, -0.1) is 0 Å². The van der Waals surface area contributed by atoms with E-state index in [1.54, 1.807) is 24.3 Å². The number of rotatable bonds is 3. The highest BCUT2D eigenvalue weighted by atomic mass is 16.4. The average Bonchev–Trinajstić information content (AvgIpc) is 2.98. The van der Waals surface area contributed by atoms with Gasteiger partial charge in [0, 0.05) is 23.6 Å². The number of aryl methyl sites for hydroxylation is 1. The van der Waals surface area contributed by atoms with Crippen molar-refractivity contribution in [2.75, 3.05) is 0 Å². The summed E-state index contributed by atoms with van der Waals surface area (Å²) in [5.74, 6) is -0.617. The van der Waals surface area contributed by atoms with E-state index < -0.39 is 5.76 Å². The van der Waals surface area contributed by atoms with Gasteiger partial charge in [-0.2, -0.15) is 0 Å². The van der Waals surface area contributed by atoms with Crippen LogP contribution in [0.1, 0.15) is 5.56 Å². The zero-order chi connectivity index (χ0) is 15.8. The summed E-state index contributed by atoms with van der Waals surface area (Å²) < 4.78 is 6.39. The van der Waals surface area contributed by atoms with E-state index in [0.29, 0.717) is 17.4 Å². The molecule has 114 valence electrons. The predicted octanol–water partition coefficient (Wildman–Crippen LogP) is 2.68. The van der Waals surface area contributed by atoms with Gasteiger partial charge in [0.1, 0.15) is 5.58 Å². The lowest BCUT2D eigenvalue weighted by Gasteiger charge is -2.05. The first-order valence-corrected chi connectivity index (χ1v) is 7.42. The molecule has 0 saturated carbocycles. The van der Waals surface area contributed by atoms with Crippen LogP contribution in [0.25, 0.3) is 21.9 Å². The zero-order valence-electron chi connectivity index (χ0n) is 12.3. The van der Waals surface area contributed by atoms with E-state index in [9.17, 15) is 9.59 Å². The Bertz CT molecular complexity index is 1120. The predicted molar refractivity (Wildman–Crippen MR) is 88.7 cm³/mol. The van der Waals surface area contributed by atoms with E-state index in [0.717, 1.165) is 21.0 Å². The van der Waals surface area contributed by atoms with Gasteiger partial charge >= 0.3 is 5.76 Å². The fraction of sp³-hybridized carbons (Fsp3) is 0.111. The summed E-state index contributed by atoms with van der Waals surface area (Å²) in [6.07, 6.45) is 2.49. The molecule has 5 heteroatoms. The van der Waals surface area contributed by atoms with Gasteiger partial charge in [-0.25, -0.2) is 9.36 Å². The van der Waals surface area contributed by atoms with Gasteiger partial charge in [-0.1, -0.05) is 30.3 Å². The molecule has 2 heterocycles. The van der Waals surface area contributed by atoms with Crippen LogP contribution in [0, 0.1) is 0 Å². The number of para-hydroxylation sites is 2. The molecule has 4 rings (SSSR count). The molecule has 0 aliphatic heterocycles. The first-order valence-electron chi connectivity index (χ1n) is 7.42. The van der Waals surface area contributed by atoms with Crippen LogP contribution in [-0.2, 0) is 13.0 Å². The van der Waals surface area contributed by atoms with Crippen molar-refractivity contribution in [3.63, 3.8) is 0 Å². The summed E-state index contributed by atoms with van der Waals surface area (Å²) in [5, 5.41) is 1.52. The Balaban J connectivity index is 1.73. The summed E-state index contributed by atoms with van der Waals surface area (Å²) in [6.45, 7) is 0.286. The molecule has 0 fully saturated rings. The van der Waals surface area contributed by atoms with Crippen LogP contribution in [0.15, 0.2) is 68.7 Å². The fourth-order valence-electron chi connectivity index (χ4n) is 2.87. The lowest BCUT2D eigenvalue weighted by molar-refractivity contribution is 0.456. The number of aromatic nitrogens is 2. The molecule has 0 spiro atoms. The molecule has 1 N–H and O–H groups in total. The first-order chi connectivity index (χ1) is 11.2. The molecule has 23 heavy (non-hydrogen) atoms. The maximum atomic E-state index is 12.5. The maximum Gasteiger partial charge on any atom is 0.422 e. The molecule has 0 aliphatic carbocycles. The molecular weight excluding hydrogens is 292 g/mol. The Labute approximate surface area is 130 Å². The fourth-order valence-corrected chi connectivity index (χ4v) is 2.87. The molecule has 0 saturated heterocycles. The number of hydrogen-bond acceptors (Lipinski definition) is 3. The van der Waals surface area contributed by atoms with Crippen LogP contribution < -0.4 is 11.3 Å². The van der Waals surface area contributed by atoms with Crippen molar-refractivity contribution < 1.29 is 4.42 Å². The summed E-state index contributed by atoms with van der Waals surface area (Å²) in [6, 6.07) is 14.7. The second-order valence-electron chi connectivity index (χ2n) is 5.43. The van der Waals surface area contributed by atoms with Gasteiger partial charge in [0.15, 0.2) is 0 Å². The van der Waals surface area contributed by atoms with Gasteiger partial charge in [0.25, 0.3) is 5.56 Å². The van der Waals surface area contributed by atoms with Gasteiger partial charge in [0.05, 0.1) is 5.39 Å². The third-order valence-electron chi connectivity index (χ3n) is 4.06. The molecule has 0 radical (unpaired) electrons. The summed E-state index contributed by atoms with van der Waals surface area (Å²) in [4.78, 5) is 27.7. The SMILES string of the molecule is O=c1oc2ccccc2c(=O)n1CCc1c[nH]c2ccccc12. The van der Waals surface area contributed by atoms with Crippen molar-refractivity contribution in [1.29, 1.82) is 0 Å². The molecule has 0 unspecified atom stereocenters. The van der Waals surface area contributed by atoms with E-state index >= 15 is 0 Å². The summed E-state index contributed by atoms with van der Waals surface area (Å²) >= 11 is 0. The standard InChI is InChI=1S/C18H14N2O3/c21-17-14-6-2-4-8-16(14)23-18(22)20(17)10-9-12-11-19-15-7-3-1-5-13(12)15/h1-8,11,19H,9-10H2. The Morgan fingerprint density at radius 3 is 2.57 bits per heavy atom. The van der Waals surface area contributed by atoms with Crippen LogP contribution in [0.2, 0.25) is 0 Å². The lowest BCUT2D eigenvalue weighted by Crippen LogP contribution is -2.33. The molecule has 2 aromatic carbocycles. The highest BCUT2D eigenvalue weighted by molar-refractivity contribution is 5.83. The van der Waals surface area contributed by atoms with Crippen LogP contribution in [0.4, 0.5) is 0 Å². The Hall–Kier alpha value is -3.08. The Morgan fingerprint density at radius 2 is 1.70 bits per heavy atom. The smallest absolute Gasteiger partial charge is 0.409 e. The van der Waals surface area contributed by atoms with Gasteiger partial charge in [0.2, 0.25) is 0 Å². The van der Waals surface area contributed by atoms with E-state index in [-0.39, 0.29) is 12.1 Å². The molecule has 0 aliphatic rings. The minimum atomic E-state index is -0.617. The zero-order valence-corrected chi connectivity index (χ0v) is 12.3. The minimum absolute atomic E-state index is 0.286. The quantitative estimate of drug-likeness (QED) is 0.633. The van der Waals surface area contributed by atoms with Crippen molar-refractivity contribution in [1.82, 2.24) is 9.55 Å². The molecule has 0 bridgehead atoms. The molecular formula is C18H14N2O3. The Kier molecular flexibility index (Phi) is 3.12. The van der Waals surface area contributed by atoms with Crippen molar-refractivity contribution in [3.8, 4) is 0 Å². The second-order valence-corrected chi connectivity index (χ2v) is 5.43. The number of benzene rings is 2. The summed E-state index contributed by atoms with van der Waals surface area (Å²) in [5.41, 5.74) is 2.13. The monoisotopic (exact) mass is 306 g/mol. The van der Waals surface area contributed by atoms with E-state index in [4.69, 9.17) is 4.42 Å². The number of nitrogens with one attached hydrogen (secondary N) is 1. The highest BCUT2D eigenvalue weighted by Crippen LogP contribution is 2.18. The number of H-pyrrole nitrogens is 1. The third kappa shape index (κ3) is 2.26. The second kappa shape index (κ2) is 5.28. The van der Waals surface area contributed by atoms with Crippen molar-refractivity contribution >= 4 is 21.9 Å². The minimum Gasteiger partial charge on any atom is -0.409 e. The maximum absolute atomic E-state index is 12.5. The van der Waals surface area contributed by atoms with E-state index in [1.807, 2.05) is 30.5 Å². The molecule has 5 nitrogen and oxygen atoms in total. The normalized spacial score (nSPS) is 11.3. The number of fused-ring (bicyclic) bond motifs is 2. The third-order valence-corrected chi connectivity index (χ3v) is 4.06. The van der Waals surface area contributed by atoms with Crippen LogP contribution >= 0.6 is 0 Å². The number of hydrogen-bond donors (Lipinski definition) is 1. The molecule has 0 amide bonds. The van der Waals surface area contributed by atoms with Crippen molar-refractivity contribution in [2.45, 2.75) is 13.0 Å². The average molecular weight is 306 g/mol. The van der Waals surface area contributed by atoms with Crippen LogP contribution in [0.5, 0.6) is 0 Å². The van der Waals surface area contributed by atoms with Crippen LogP contribution in [0.3, 0.4) is 0 Å². The lowest BCUT2D eigenvalue weighted by atomic mass is 10.1. The Morgan fingerprint density at radius 1 is 0.957 bits per heavy atom. The largest absolute Gasteiger partial charge is 0.422 e. The highest BCUT2D eigenvalue weighted by Gasteiger charge is 2.10. The summed E-state index contributed by atoms with van der Waals surface area (Å²) in [7, 11) is 0. The topological polar surface area (TPSA) is 68.0 Å². The van der Waals surface area contributed by atoms with E-state index in [2.05, 4.69) is 4.98 Å². The van der Waals surface area contributed by atoms with Gasteiger partial charge in [-0.05, 0) is 30.2 Å². The van der Waals surface area contributed by atoms with Crippen LogP contribution in [-0.4, -0.2) is 9.55 Å². The number of nitrogens with zero attached hydrogens (tertiary/aromatic N) is 1. The first kappa shape index (κ1) is 13.6. The molecule has 4 aromatic rings. The van der Waals surface area contributed by atoms with Crippen molar-refractivity contribution in [2.24, 2.45) is 0 Å². The number of aromatic amines is 1. The van der Waals surface area contributed by atoms with Crippen molar-refractivity contribution in [3.05, 3.63) is 81.2 Å². The molecule has 2 aromatic heterocycles.